The third-order valence-electron chi connectivity index (χ3n) is 3.73. The molecule has 6 nitrogen and oxygen atoms in total. The first-order valence-electron chi connectivity index (χ1n) is 6.61. The lowest BCUT2D eigenvalue weighted by atomic mass is 10.1. The molecule has 18 heavy (non-hydrogen) atoms. The fourth-order valence-electron chi connectivity index (χ4n) is 2.74. The molecule has 3 N–H and O–H groups in total. The van der Waals surface area contributed by atoms with Crippen LogP contribution in [-0.4, -0.2) is 47.1 Å². The van der Waals surface area contributed by atoms with Crippen LogP contribution in [0.3, 0.4) is 0 Å². The van der Waals surface area contributed by atoms with Crippen molar-refractivity contribution in [2.75, 3.05) is 13.2 Å². The summed E-state index contributed by atoms with van der Waals surface area (Å²) in [4.78, 5) is 13.8. The van der Waals surface area contributed by atoms with E-state index < -0.39 is 0 Å². The van der Waals surface area contributed by atoms with Crippen LogP contribution in [0, 0.1) is 0 Å². The first kappa shape index (κ1) is 13.1. The summed E-state index contributed by atoms with van der Waals surface area (Å²) in [6.07, 6.45) is 5.33. The number of hydrogen-bond acceptors (Lipinski definition) is 4. The van der Waals surface area contributed by atoms with Crippen molar-refractivity contribution in [1.29, 1.82) is 0 Å². The monoisotopic (exact) mass is 255 g/mol. The van der Waals surface area contributed by atoms with Gasteiger partial charge in [0.15, 0.2) is 5.84 Å². The van der Waals surface area contributed by atoms with Gasteiger partial charge in [-0.15, -0.1) is 0 Å². The third kappa shape index (κ3) is 2.93. The largest absolute Gasteiger partial charge is 0.409 e. The first-order chi connectivity index (χ1) is 8.72. The van der Waals surface area contributed by atoms with Gasteiger partial charge in [-0.2, -0.15) is 0 Å². The number of carbonyl (C=O) groups is 1. The van der Waals surface area contributed by atoms with Crippen LogP contribution in [0.15, 0.2) is 5.16 Å². The highest BCUT2D eigenvalue weighted by atomic mass is 16.5. The smallest absolute Gasteiger partial charge is 0.223 e. The Bertz CT molecular complexity index is 327. The Kier molecular flexibility index (Phi) is 4.41. The molecule has 102 valence electrons. The van der Waals surface area contributed by atoms with Gasteiger partial charge in [-0.05, 0) is 32.1 Å². The van der Waals surface area contributed by atoms with Gasteiger partial charge in [0.05, 0.1) is 12.1 Å². The molecule has 0 aliphatic carbocycles. The molecule has 0 aromatic carbocycles. The summed E-state index contributed by atoms with van der Waals surface area (Å²) in [5.41, 5.74) is 5.61. The zero-order chi connectivity index (χ0) is 13.0. The van der Waals surface area contributed by atoms with Crippen molar-refractivity contribution in [3.8, 4) is 0 Å². The normalized spacial score (nSPS) is 28.9. The zero-order valence-electron chi connectivity index (χ0n) is 10.5. The number of carbonyl (C=O) groups excluding carboxylic acids is 1. The molecule has 1 amide bonds. The molecule has 0 aromatic rings. The molecule has 0 aromatic heterocycles. The molecule has 0 saturated carbocycles. The molecule has 2 unspecified atom stereocenters. The van der Waals surface area contributed by atoms with Crippen molar-refractivity contribution in [2.24, 2.45) is 10.9 Å². The van der Waals surface area contributed by atoms with Crippen LogP contribution in [0.2, 0.25) is 0 Å². The molecule has 2 aliphatic heterocycles. The van der Waals surface area contributed by atoms with E-state index in [1.807, 2.05) is 0 Å². The number of oxime groups is 1. The topological polar surface area (TPSA) is 88.2 Å². The van der Waals surface area contributed by atoms with Gasteiger partial charge in [0.1, 0.15) is 0 Å². The molecular formula is C12H21N3O3. The number of nitrogens with two attached hydrogens (primary N) is 1. The van der Waals surface area contributed by atoms with E-state index in [-0.39, 0.29) is 23.9 Å². The molecule has 0 bridgehead atoms. The summed E-state index contributed by atoms with van der Waals surface area (Å²) in [6, 6.07) is -0.230. The first-order valence-corrected chi connectivity index (χ1v) is 6.61. The fraction of sp³-hybridized carbons (Fsp3) is 0.833. The second kappa shape index (κ2) is 6.04. The lowest BCUT2D eigenvalue weighted by molar-refractivity contribution is -0.131. The van der Waals surface area contributed by atoms with E-state index in [4.69, 9.17) is 15.7 Å². The van der Waals surface area contributed by atoms with Crippen molar-refractivity contribution in [1.82, 2.24) is 4.90 Å². The highest BCUT2D eigenvalue weighted by Gasteiger charge is 2.31. The predicted octanol–water partition coefficient (Wildman–Crippen LogP) is 0.683. The van der Waals surface area contributed by atoms with Crippen LogP contribution >= 0.6 is 0 Å². The molecule has 2 rings (SSSR count). The second-order valence-corrected chi connectivity index (χ2v) is 4.94. The quantitative estimate of drug-likeness (QED) is 0.335. The lowest BCUT2D eigenvalue weighted by Gasteiger charge is -2.24. The van der Waals surface area contributed by atoms with Crippen molar-refractivity contribution >= 4 is 11.7 Å². The third-order valence-corrected chi connectivity index (χ3v) is 3.73. The van der Waals surface area contributed by atoms with Gasteiger partial charge < -0.3 is 20.6 Å². The van der Waals surface area contributed by atoms with Crippen LogP contribution < -0.4 is 5.73 Å². The van der Waals surface area contributed by atoms with E-state index in [2.05, 4.69) is 5.16 Å². The van der Waals surface area contributed by atoms with Crippen LogP contribution in [0.4, 0.5) is 0 Å². The van der Waals surface area contributed by atoms with Gasteiger partial charge >= 0.3 is 0 Å². The Hall–Kier alpha value is -1.30. The van der Waals surface area contributed by atoms with E-state index in [0.29, 0.717) is 13.0 Å². The summed E-state index contributed by atoms with van der Waals surface area (Å²) in [5, 5.41) is 11.7. The number of likely N-dealkylation sites (tertiary alicyclic amines) is 1. The standard InChI is InChI=1S/C12H21N3O3/c13-12(14-17)10-4-1-7-15(10)11(16)6-5-9-3-2-8-18-9/h9-10,17H,1-8H2,(H2,13,14). The Morgan fingerprint density at radius 1 is 1.44 bits per heavy atom. The number of rotatable bonds is 4. The van der Waals surface area contributed by atoms with Crippen LogP contribution in [0.1, 0.15) is 38.5 Å². The molecule has 0 spiro atoms. The highest BCUT2D eigenvalue weighted by molar-refractivity contribution is 5.90. The summed E-state index contributed by atoms with van der Waals surface area (Å²) in [6.45, 7) is 1.51. The van der Waals surface area contributed by atoms with Gasteiger partial charge in [-0.25, -0.2) is 0 Å². The maximum absolute atomic E-state index is 12.1. The van der Waals surface area contributed by atoms with E-state index in [0.717, 1.165) is 38.7 Å². The Morgan fingerprint density at radius 3 is 2.94 bits per heavy atom. The Balaban J connectivity index is 1.83. The van der Waals surface area contributed by atoms with Crippen molar-refractivity contribution in [3.63, 3.8) is 0 Å². The summed E-state index contributed by atoms with van der Waals surface area (Å²) >= 11 is 0. The van der Waals surface area contributed by atoms with Gasteiger partial charge in [0, 0.05) is 19.6 Å². The Labute approximate surface area is 107 Å². The maximum Gasteiger partial charge on any atom is 0.223 e. The molecule has 2 heterocycles. The zero-order valence-corrected chi connectivity index (χ0v) is 10.5. The van der Waals surface area contributed by atoms with E-state index in [1.165, 1.54) is 0 Å². The van der Waals surface area contributed by atoms with Gasteiger partial charge in [-0.3, -0.25) is 4.79 Å². The van der Waals surface area contributed by atoms with E-state index >= 15 is 0 Å². The lowest BCUT2D eigenvalue weighted by Crippen LogP contribution is -2.44. The average molecular weight is 255 g/mol. The van der Waals surface area contributed by atoms with E-state index in [9.17, 15) is 4.79 Å². The van der Waals surface area contributed by atoms with Crippen LogP contribution in [0.5, 0.6) is 0 Å². The number of amides is 1. The molecule has 2 aliphatic rings. The minimum atomic E-state index is -0.230. The molecule has 2 saturated heterocycles. The molecule has 2 fully saturated rings. The maximum atomic E-state index is 12.1. The molecular weight excluding hydrogens is 234 g/mol. The summed E-state index contributed by atoms with van der Waals surface area (Å²) in [5.74, 6) is 0.220. The molecule has 2 atom stereocenters. The van der Waals surface area contributed by atoms with Gasteiger partial charge in [0.2, 0.25) is 5.91 Å². The second-order valence-electron chi connectivity index (χ2n) is 4.94. The summed E-state index contributed by atoms with van der Waals surface area (Å²) < 4.78 is 5.50. The average Bonchev–Trinajstić information content (AvgIpc) is 3.05. The van der Waals surface area contributed by atoms with Crippen molar-refractivity contribution < 1.29 is 14.7 Å². The minimum absolute atomic E-state index is 0.0830. The highest BCUT2D eigenvalue weighted by Crippen LogP contribution is 2.21. The number of hydrogen-bond donors (Lipinski definition) is 2. The van der Waals surface area contributed by atoms with Crippen molar-refractivity contribution in [2.45, 2.75) is 50.7 Å². The Morgan fingerprint density at radius 2 is 2.28 bits per heavy atom. The number of nitrogens with zero attached hydrogens (tertiary/aromatic N) is 2. The predicted molar refractivity (Wildman–Crippen MR) is 66.4 cm³/mol. The minimum Gasteiger partial charge on any atom is -0.409 e. The van der Waals surface area contributed by atoms with E-state index in [1.54, 1.807) is 4.90 Å². The fourth-order valence-corrected chi connectivity index (χ4v) is 2.74. The van der Waals surface area contributed by atoms with Crippen LogP contribution in [-0.2, 0) is 9.53 Å². The molecule has 6 heteroatoms. The SMILES string of the molecule is NC(=NO)C1CCCN1C(=O)CCC1CCCO1. The number of amidine groups is 1. The van der Waals surface area contributed by atoms with Gasteiger partial charge in [-0.1, -0.05) is 5.16 Å². The summed E-state index contributed by atoms with van der Waals surface area (Å²) in [7, 11) is 0. The van der Waals surface area contributed by atoms with Crippen LogP contribution in [0.25, 0.3) is 0 Å². The number of ether oxygens (including phenoxy) is 1. The molecule has 0 radical (unpaired) electrons. The van der Waals surface area contributed by atoms with Crippen molar-refractivity contribution in [3.05, 3.63) is 0 Å². The van der Waals surface area contributed by atoms with Gasteiger partial charge in [0.25, 0.3) is 0 Å².